The van der Waals surface area contributed by atoms with Crippen molar-refractivity contribution in [1.82, 2.24) is 14.8 Å². The lowest BCUT2D eigenvalue weighted by Gasteiger charge is -2.34. The van der Waals surface area contributed by atoms with Gasteiger partial charge in [0, 0.05) is 63.1 Å². The number of benzene rings is 1. The molecule has 27 heavy (non-hydrogen) atoms. The van der Waals surface area contributed by atoms with Crippen molar-refractivity contribution in [2.45, 2.75) is 19.4 Å². The maximum absolute atomic E-state index is 12.9. The number of hydrogen-bond acceptors (Lipinski definition) is 4. The lowest BCUT2D eigenvalue weighted by molar-refractivity contribution is -0.117. The molecule has 3 heterocycles. The molecule has 6 nitrogen and oxygen atoms in total. The van der Waals surface area contributed by atoms with Gasteiger partial charge in [0.2, 0.25) is 5.91 Å². The summed E-state index contributed by atoms with van der Waals surface area (Å²) in [5.74, 6) is 0.184. The van der Waals surface area contributed by atoms with Gasteiger partial charge < -0.3 is 9.80 Å². The minimum Gasteiger partial charge on any atom is -0.336 e. The molecule has 0 atom stereocenters. The van der Waals surface area contributed by atoms with Crippen LogP contribution in [0.4, 0.5) is 5.69 Å². The van der Waals surface area contributed by atoms with Gasteiger partial charge in [-0.1, -0.05) is 12.1 Å². The van der Waals surface area contributed by atoms with Crippen LogP contribution in [0.2, 0.25) is 0 Å². The molecular weight excluding hydrogens is 340 g/mol. The van der Waals surface area contributed by atoms with Crippen LogP contribution in [0.1, 0.15) is 28.9 Å². The third-order valence-corrected chi connectivity index (χ3v) is 5.25. The molecule has 0 spiro atoms. The van der Waals surface area contributed by atoms with Crippen molar-refractivity contribution in [2.24, 2.45) is 0 Å². The molecule has 0 saturated carbocycles. The van der Waals surface area contributed by atoms with Crippen LogP contribution in [0, 0.1) is 0 Å². The number of rotatable bonds is 4. The zero-order valence-corrected chi connectivity index (χ0v) is 15.4. The maximum atomic E-state index is 12.9. The first-order chi connectivity index (χ1) is 13.2. The Kier molecular flexibility index (Phi) is 5.16. The average molecular weight is 364 g/mol. The quantitative estimate of drug-likeness (QED) is 0.834. The summed E-state index contributed by atoms with van der Waals surface area (Å²) in [6.07, 6.45) is 3.29. The van der Waals surface area contributed by atoms with E-state index < -0.39 is 0 Å². The minimum atomic E-state index is 0.0426. The van der Waals surface area contributed by atoms with Crippen LogP contribution in [0.15, 0.2) is 48.7 Å². The van der Waals surface area contributed by atoms with Gasteiger partial charge in [-0.2, -0.15) is 0 Å². The van der Waals surface area contributed by atoms with Gasteiger partial charge in [0.25, 0.3) is 5.91 Å². The van der Waals surface area contributed by atoms with Gasteiger partial charge in [-0.15, -0.1) is 0 Å². The highest BCUT2D eigenvalue weighted by Crippen LogP contribution is 2.23. The van der Waals surface area contributed by atoms with E-state index in [1.54, 1.807) is 4.90 Å². The number of pyridine rings is 1. The van der Waals surface area contributed by atoms with E-state index >= 15 is 0 Å². The van der Waals surface area contributed by atoms with Gasteiger partial charge >= 0.3 is 0 Å². The van der Waals surface area contributed by atoms with Gasteiger partial charge in [-0.3, -0.25) is 19.5 Å². The van der Waals surface area contributed by atoms with Crippen molar-refractivity contribution in [2.75, 3.05) is 37.6 Å². The molecule has 1 aromatic carbocycles. The Morgan fingerprint density at radius 1 is 1.00 bits per heavy atom. The lowest BCUT2D eigenvalue weighted by Crippen LogP contribution is -2.48. The van der Waals surface area contributed by atoms with Crippen LogP contribution < -0.4 is 4.90 Å². The second-order valence-electron chi connectivity index (χ2n) is 7.09. The fraction of sp³-hybridized carbons (Fsp3) is 0.381. The van der Waals surface area contributed by atoms with E-state index in [2.05, 4.69) is 9.88 Å². The second-order valence-corrected chi connectivity index (χ2v) is 7.09. The molecule has 2 aliphatic heterocycles. The Hall–Kier alpha value is -2.73. The predicted molar refractivity (Wildman–Crippen MR) is 103 cm³/mol. The SMILES string of the molecule is O=C(c1cccc(N2CCCC2=O)c1)N1CCN(Cc2ccccn2)CC1. The first-order valence-electron chi connectivity index (χ1n) is 9.53. The molecule has 2 aromatic rings. The van der Waals surface area contributed by atoms with E-state index in [0.29, 0.717) is 25.1 Å². The van der Waals surface area contributed by atoms with Crippen molar-refractivity contribution in [1.29, 1.82) is 0 Å². The van der Waals surface area contributed by atoms with E-state index in [4.69, 9.17) is 0 Å². The molecule has 1 aromatic heterocycles. The zero-order chi connectivity index (χ0) is 18.6. The summed E-state index contributed by atoms with van der Waals surface area (Å²) in [5, 5.41) is 0. The molecule has 2 fully saturated rings. The first kappa shape index (κ1) is 17.7. The highest BCUT2D eigenvalue weighted by Gasteiger charge is 2.25. The van der Waals surface area contributed by atoms with Crippen LogP contribution in [-0.4, -0.2) is 59.3 Å². The Balaban J connectivity index is 1.37. The van der Waals surface area contributed by atoms with Crippen molar-refractivity contribution in [3.63, 3.8) is 0 Å². The van der Waals surface area contributed by atoms with E-state index in [-0.39, 0.29) is 11.8 Å². The lowest BCUT2D eigenvalue weighted by atomic mass is 10.1. The van der Waals surface area contributed by atoms with Crippen molar-refractivity contribution >= 4 is 17.5 Å². The summed E-state index contributed by atoms with van der Waals surface area (Å²) in [4.78, 5) is 35.2. The first-order valence-corrected chi connectivity index (χ1v) is 9.53. The number of piperazine rings is 1. The van der Waals surface area contributed by atoms with E-state index in [1.807, 2.05) is 53.6 Å². The minimum absolute atomic E-state index is 0.0426. The molecule has 6 heteroatoms. The summed E-state index contributed by atoms with van der Waals surface area (Å²) in [6.45, 7) is 4.65. The molecule has 2 saturated heterocycles. The van der Waals surface area contributed by atoms with Crippen molar-refractivity contribution in [3.8, 4) is 0 Å². The summed E-state index contributed by atoms with van der Waals surface area (Å²) in [7, 11) is 0. The molecule has 0 bridgehead atoms. The molecule has 0 N–H and O–H groups in total. The summed E-state index contributed by atoms with van der Waals surface area (Å²) >= 11 is 0. The third-order valence-electron chi connectivity index (χ3n) is 5.25. The Morgan fingerprint density at radius 2 is 1.85 bits per heavy atom. The number of carbonyl (C=O) groups is 2. The maximum Gasteiger partial charge on any atom is 0.254 e. The average Bonchev–Trinajstić information content (AvgIpc) is 3.15. The zero-order valence-electron chi connectivity index (χ0n) is 15.4. The second kappa shape index (κ2) is 7.88. The van der Waals surface area contributed by atoms with Crippen molar-refractivity contribution < 1.29 is 9.59 Å². The van der Waals surface area contributed by atoms with Gasteiger partial charge in [-0.25, -0.2) is 0 Å². The van der Waals surface area contributed by atoms with E-state index in [9.17, 15) is 9.59 Å². The number of nitrogens with zero attached hydrogens (tertiary/aromatic N) is 4. The fourth-order valence-electron chi connectivity index (χ4n) is 3.74. The molecule has 0 unspecified atom stereocenters. The number of amides is 2. The Morgan fingerprint density at radius 3 is 2.56 bits per heavy atom. The van der Waals surface area contributed by atoms with E-state index in [0.717, 1.165) is 44.0 Å². The molecule has 4 rings (SSSR count). The van der Waals surface area contributed by atoms with Gasteiger partial charge in [0.1, 0.15) is 0 Å². The van der Waals surface area contributed by atoms with Gasteiger partial charge in [0.05, 0.1) is 5.69 Å². The standard InChI is InChI=1S/C21H24N4O2/c26-20-8-4-10-25(20)19-7-3-5-17(15-19)21(27)24-13-11-23(12-14-24)16-18-6-1-2-9-22-18/h1-3,5-7,9,15H,4,8,10-14,16H2. The fourth-order valence-corrected chi connectivity index (χ4v) is 3.74. The highest BCUT2D eigenvalue weighted by molar-refractivity contribution is 5.99. The van der Waals surface area contributed by atoms with Crippen LogP contribution in [0.5, 0.6) is 0 Å². The van der Waals surface area contributed by atoms with Crippen LogP contribution in [-0.2, 0) is 11.3 Å². The highest BCUT2D eigenvalue weighted by atomic mass is 16.2. The largest absolute Gasteiger partial charge is 0.336 e. The molecule has 0 radical (unpaired) electrons. The molecule has 2 amide bonds. The molecule has 2 aliphatic rings. The van der Waals surface area contributed by atoms with Crippen LogP contribution >= 0.6 is 0 Å². The van der Waals surface area contributed by atoms with Crippen LogP contribution in [0.25, 0.3) is 0 Å². The number of anilines is 1. The Labute approximate surface area is 159 Å². The molecule has 140 valence electrons. The van der Waals surface area contributed by atoms with Crippen LogP contribution in [0.3, 0.4) is 0 Å². The predicted octanol–water partition coefficient (Wildman–Crippen LogP) is 2.17. The molecular formula is C21H24N4O2. The van der Waals surface area contributed by atoms with Crippen molar-refractivity contribution in [3.05, 3.63) is 59.9 Å². The normalized spacial score (nSPS) is 18.1. The third kappa shape index (κ3) is 4.01. The van der Waals surface area contributed by atoms with Gasteiger partial charge in [0.15, 0.2) is 0 Å². The monoisotopic (exact) mass is 364 g/mol. The number of aromatic nitrogens is 1. The summed E-state index contributed by atoms with van der Waals surface area (Å²) in [6, 6.07) is 13.4. The smallest absolute Gasteiger partial charge is 0.254 e. The number of carbonyl (C=O) groups excluding carboxylic acids is 2. The topological polar surface area (TPSA) is 56.8 Å². The summed E-state index contributed by atoms with van der Waals surface area (Å²) in [5.41, 5.74) is 2.54. The molecule has 0 aliphatic carbocycles. The van der Waals surface area contributed by atoms with Gasteiger partial charge in [-0.05, 0) is 36.8 Å². The van der Waals surface area contributed by atoms with E-state index in [1.165, 1.54) is 0 Å². The number of hydrogen-bond donors (Lipinski definition) is 0. The summed E-state index contributed by atoms with van der Waals surface area (Å²) < 4.78 is 0. The Bertz CT molecular complexity index is 816.